The first-order valence-electron chi connectivity index (χ1n) is 20.9. The molecule has 336 valence electrons. The van der Waals surface area contributed by atoms with Crippen molar-refractivity contribution in [2.75, 3.05) is 13.7 Å². The van der Waals surface area contributed by atoms with Crippen LogP contribution in [0.25, 0.3) is 16.7 Å². The van der Waals surface area contributed by atoms with Gasteiger partial charge in [-0.05, 0) is 89.3 Å². The first-order chi connectivity index (χ1) is 29.1. The Bertz CT molecular complexity index is 2370. The van der Waals surface area contributed by atoms with E-state index in [9.17, 15) is 40.8 Å². The molecule has 2 aliphatic carbocycles. The Balaban J connectivity index is 1.26. The molecule has 0 bridgehead atoms. The quantitative estimate of drug-likeness (QED) is 0.192. The van der Waals surface area contributed by atoms with Crippen molar-refractivity contribution in [2.24, 2.45) is 23.7 Å². The molecule has 0 unspecified atom stereocenters. The lowest BCUT2D eigenvalue weighted by Gasteiger charge is -2.33. The largest absolute Gasteiger partial charge is 0.497 e. The maximum Gasteiger partial charge on any atom is 0.427 e. The lowest BCUT2D eigenvalue weighted by atomic mass is 9.82. The van der Waals surface area contributed by atoms with Crippen molar-refractivity contribution in [3.8, 4) is 17.3 Å². The number of nitrogens with zero attached hydrogens (tertiary/aromatic N) is 4. The molecule has 62 heavy (non-hydrogen) atoms. The van der Waals surface area contributed by atoms with Crippen LogP contribution in [0.3, 0.4) is 0 Å². The molecule has 3 fully saturated rings. The molecule has 4 heterocycles. The van der Waals surface area contributed by atoms with Gasteiger partial charge < -0.3 is 24.4 Å². The summed E-state index contributed by atoms with van der Waals surface area (Å²) in [7, 11) is -2.57. The standard InChI is InChI=1S/C43H53F3N6O9S/c1-25-10-7-8-11-27-23-42(27,39(56)50-62(57,58)41(5)14-15-41)49-37(54)33-20-29(24-51(33)38(55)31(26(2)18-25)21-36(53)61-40(3,4)43(44,45)46)60-34-22-35(52-17-9-16-47-52)48-32-19-28(59-6)12-13-30(32)34/h8-9,11-13,16-17,19,22,25-27,29,31,33H,7,10,14-15,18,20-21,23-24H2,1-6H3,(H,49,54)(H,50,56)/b11-8-/t25-,26-,27-,29-,31+,33+,42-/m1/s1. The van der Waals surface area contributed by atoms with Gasteiger partial charge in [-0.2, -0.15) is 18.3 Å². The van der Waals surface area contributed by atoms with Crippen LogP contribution < -0.4 is 19.5 Å². The second-order valence-electron chi connectivity index (χ2n) is 18.1. The van der Waals surface area contributed by atoms with E-state index in [2.05, 4.69) is 15.1 Å². The molecule has 1 saturated heterocycles. The Morgan fingerprint density at radius 3 is 2.50 bits per heavy atom. The highest BCUT2D eigenvalue weighted by Gasteiger charge is 2.63. The minimum absolute atomic E-state index is 0.0119. The number of aromatic nitrogens is 3. The zero-order valence-electron chi connectivity index (χ0n) is 35.5. The molecule has 7 atom stereocenters. The number of halogens is 3. The minimum Gasteiger partial charge on any atom is -0.497 e. The molecule has 4 aliphatic rings. The zero-order chi connectivity index (χ0) is 45.0. The molecule has 2 N–H and O–H groups in total. The van der Waals surface area contributed by atoms with Crippen molar-refractivity contribution in [1.82, 2.24) is 29.7 Å². The third kappa shape index (κ3) is 8.99. The normalized spacial score (nSPS) is 28.4. The van der Waals surface area contributed by atoms with Crippen LogP contribution in [-0.4, -0.2) is 99.6 Å². The Kier molecular flexibility index (Phi) is 11.9. The van der Waals surface area contributed by atoms with Gasteiger partial charge in [0.05, 0.1) is 36.3 Å². The van der Waals surface area contributed by atoms with Crippen molar-refractivity contribution >= 4 is 44.6 Å². The lowest BCUT2D eigenvalue weighted by molar-refractivity contribution is -0.257. The fourth-order valence-corrected chi connectivity index (χ4v) is 9.71. The number of methoxy groups -OCH3 is 1. The van der Waals surface area contributed by atoms with Gasteiger partial charge in [0, 0.05) is 42.3 Å². The van der Waals surface area contributed by atoms with Crippen LogP contribution in [0.4, 0.5) is 13.2 Å². The molecule has 2 aliphatic heterocycles. The molecular formula is C43H53F3N6O9S. The molecule has 3 aromatic rings. The van der Waals surface area contributed by atoms with Crippen molar-refractivity contribution < 1.29 is 55.0 Å². The Morgan fingerprint density at radius 1 is 1.10 bits per heavy atom. The number of fused-ring (bicyclic) bond motifs is 3. The Labute approximate surface area is 358 Å². The van der Waals surface area contributed by atoms with Crippen LogP contribution >= 0.6 is 0 Å². The first-order valence-corrected chi connectivity index (χ1v) is 22.3. The van der Waals surface area contributed by atoms with Gasteiger partial charge in [-0.1, -0.05) is 26.0 Å². The van der Waals surface area contributed by atoms with Gasteiger partial charge in [-0.25, -0.2) is 18.1 Å². The number of carbonyl (C=O) groups excluding carboxylic acids is 4. The second kappa shape index (κ2) is 16.5. The fraction of sp³-hybridized carbons (Fsp3) is 0.581. The van der Waals surface area contributed by atoms with Gasteiger partial charge in [0.25, 0.3) is 5.91 Å². The molecule has 2 saturated carbocycles. The number of hydrogen-bond donors (Lipinski definition) is 2. The summed E-state index contributed by atoms with van der Waals surface area (Å²) in [5.41, 5.74) is -3.99. The summed E-state index contributed by atoms with van der Waals surface area (Å²) in [6.07, 6.45) is 2.85. The number of ether oxygens (including phenoxy) is 3. The Morgan fingerprint density at radius 2 is 1.84 bits per heavy atom. The number of benzene rings is 1. The SMILES string of the molecule is COc1ccc2c(O[C@@H]3C[C@H]4C(=O)N[C@]5(C(=O)NS(=O)(=O)C6(C)CC6)C[C@H]5/C=C\CC[C@@H](C)C[C@@H](C)[C@H](CC(=O)OC(C)(C)C(F)(F)F)C(=O)N4C3)cc(-n3cccn3)nc2c1. The number of carbonyl (C=O) groups is 4. The van der Waals surface area contributed by atoms with Crippen molar-refractivity contribution in [2.45, 2.75) is 120 Å². The van der Waals surface area contributed by atoms with Crippen LogP contribution in [-0.2, 0) is 33.9 Å². The fourth-order valence-electron chi connectivity index (χ4n) is 8.40. The predicted octanol–water partition coefficient (Wildman–Crippen LogP) is 5.55. The molecular weight excluding hydrogens is 834 g/mol. The maximum absolute atomic E-state index is 15.0. The summed E-state index contributed by atoms with van der Waals surface area (Å²) >= 11 is 0. The summed E-state index contributed by atoms with van der Waals surface area (Å²) in [5, 5.41) is 7.71. The van der Waals surface area contributed by atoms with Gasteiger partial charge in [-0.15, -0.1) is 0 Å². The number of allylic oxidation sites excluding steroid dienone is 1. The number of amides is 3. The molecule has 0 spiro atoms. The van der Waals surface area contributed by atoms with Crippen molar-refractivity contribution in [1.29, 1.82) is 0 Å². The van der Waals surface area contributed by atoms with Crippen LogP contribution in [0.5, 0.6) is 11.5 Å². The monoisotopic (exact) mass is 886 g/mol. The summed E-state index contributed by atoms with van der Waals surface area (Å²) in [6, 6.07) is 7.26. The number of alkyl halides is 3. The van der Waals surface area contributed by atoms with Crippen molar-refractivity contribution in [3.63, 3.8) is 0 Å². The molecule has 2 aromatic heterocycles. The van der Waals surface area contributed by atoms with E-state index in [-0.39, 0.29) is 25.3 Å². The smallest absolute Gasteiger partial charge is 0.427 e. The van der Waals surface area contributed by atoms with E-state index in [1.165, 1.54) is 16.7 Å². The van der Waals surface area contributed by atoms with Gasteiger partial charge in [0.15, 0.2) is 5.82 Å². The van der Waals surface area contributed by atoms with Gasteiger partial charge in [-0.3, -0.25) is 23.9 Å². The molecule has 7 rings (SSSR count). The average Bonchev–Trinajstić information content (AvgIpc) is 3.94. The van der Waals surface area contributed by atoms with E-state index in [1.807, 2.05) is 13.0 Å². The molecule has 3 amide bonds. The number of sulfonamides is 1. The average molecular weight is 887 g/mol. The molecule has 0 radical (unpaired) electrons. The number of esters is 1. The third-order valence-electron chi connectivity index (χ3n) is 12.9. The van der Waals surface area contributed by atoms with E-state index >= 15 is 0 Å². The highest BCUT2D eigenvalue weighted by atomic mass is 32.2. The maximum atomic E-state index is 15.0. The first kappa shape index (κ1) is 44.8. The summed E-state index contributed by atoms with van der Waals surface area (Å²) < 4.78 is 87.7. The summed E-state index contributed by atoms with van der Waals surface area (Å²) in [6.45, 7) is 6.53. The predicted molar refractivity (Wildman–Crippen MR) is 219 cm³/mol. The number of rotatable bonds is 10. The van der Waals surface area contributed by atoms with E-state index < -0.39 is 92.1 Å². The highest BCUT2D eigenvalue weighted by Crippen LogP contribution is 2.48. The van der Waals surface area contributed by atoms with E-state index in [1.54, 1.807) is 62.6 Å². The molecule has 19 heteroatoms. The number of nitrogens with one attached hydrogen (secondary N) is 2. The summed E-state index contributed by atoms with van der Waals surface area (Å²) in [4.78, 5) is 63.0. The summed E-state index contributed by atoms with van der Waals surface area (Å²) in [5.74, 6) is -4.62. The van der Waals surface area contributed by atoms with Crippen LogP contribution in [0.15, 0.2) is 54.9 Å². The third-order valence-corrected chi connectivity index (χ3v) is 15.0. The minimum atomic E-state index is -4.89. The van der Waals surface area contributed by atoms with E-state index in [0.29, 0.717) is 60.3 Å². The number of pyridine rings is 1. The Hall–Kier alpha value is -5.20. The topological polar surface area (TPSA) is 188 Å². The zero-order valence-corrected chi connectivity index (χ0v) is 36.3. The van der Waals surface area contributed by atoms with Crippen molar-refractivity contribution in [3.05, 3.63) is 54.9 Å². The van der Waals surface area contributed by atoms with Crippen LogP contribution in [0.1, 0.15) is 86.0 Å². The molecule has 1 aromatic carbocycles. The van der Waals surface area contributed by atoms with Gasteiger partial charge in [0.1, 0.15) is 29.2 Å². The van der Waals surface area contributed by atoms with Crippen LogP contribution in [0, 0.1) is 23.7 Å². The highest BCUT2D eigenvalue weighted by molar-refractivity contribution is 7.91. The lowest BCUT2D eigenvalue weighted by Crippen LogP contribution is -2.57. The van der Waals surface area contributed by atoms with E-state index in [4.69, 9.17) is 19.2 Å². The van der Waals surface area contributed by atoms with Gasteiger partial charge >= 0.3 is 12.1 Å². The van der Waals surface area contributed by atoms with Gasteiger partial charge in [0.2, 0.25) is 27.4 Å². The van der Waals surface area contributed by atoms with Crippen LogP contribution in [0.2, 0.25) is 0 Å². The second-order valence-corrected chi connectivity index (χ2v) is 20.3. The van der Waals surface area contributed by atoms with E-state index in [0.717, 1.165) is 13.8 Å². The molecule has 15 nitrogen and oxygen atoms in total. The number of hydrogen-bond acceptors (Lipinski definition) is 11.